The Morgan fingerprint density at radius 1 is 1.38 bits per heavy atom. The van der Waals surface area contributed by atoms with Crippen LogP contribution in [0.1, 0.15) is 21.8 Å². The third-order valence-corrected chi connectivity index (χ3v) is 4.74. The molecule has 0 aliphatic heterocycles. The van der Waals surface area contributed by atoms with Gasteiger partial charge in [-0.3, -0.25) is 14.6 Å². The minimum atomic E-state index is -0.356. The predicted molar refractivity (Wildman–Crippen MR) is 99.4 cm³/mol. The average Bonchev–Trinajstić information content (AvgIpc) is 2.94. The van der Waals surface area contributed by atoms with Crippen molar-refractivity contribution in [2.75, 3.05) is 0 Å². The molecule has 26 heavy (non-hydrogen) atoms. The van der Waals surface area contributed by atoms with Gasteiger partial charge in [0.1, 0.15) is 5.76 Å². The number of nitrogens with one attached hydrogen (secondary N) is 2. The molecule has 0 aliphatic carbocycles. The minimum Gasteiger partial charge on any atom is -0.447 e. The molecule has 1 amide bonds. The molecule has 0 atom stereocenters. The SMILES string of the molecule is Cc1cc(=O)[nH]c(Sc2oc(/C=N\NC(=O)c3ccncc3)cc2Br)n1. The number of aryl methyl sites for hydroxylation is 1. The summed E-state index contributed by atoms with van der Waals surface area (Å²) in [6, 6.07) is 6.26. The van der Waals surface area contributed by atoms with Crippen LogP contribution in [-0.2, 0) is 0 Å². The number of carbonyl (C=O) groups is 1. The fourth-order valence-electron chi connectivity index (χ4n) is 1.91. The first kappa shape index (κ1) is 18.1. The second-order valence-corrected chi connectivity index (χ2v) is 6.83. The van der Waals surface area contributed by atoms with E-state index < -0.39 is 0 Å². The van der Waals surface area contributed by atoms with E-state index in [2.05, 4.69) is 41.4 Å². The van der Waals surface area contributed by atoms with Gasteiger partial charge in [-0.05, 0) is 46.7 Å². The van der Waals surface area contributed by atoms with Crippen LogP contribution in [0.15, 0.2) is 65.7 Å². The quantitative estimate of drug-likeness (QED) is 0.363. The molecule has 0 saturated carbocycles. The van der Waals surface area contributed by atoms with Gasteiger partial charge in [-0.25, -0.2) is 10.4 Å². The van der Waals surface area contributed by atoms with Crippen LogP contribution in [0.3, 0.4) is 0 Å². The fraction of sp³-hybridized carbons (Fsp3) is 0.0625. The first-order chi connectivity index (χ1) is 12.5. The largest absolute Gasteiger partial charge is 0.447 e. The number of amides is 1. The van der Waals surface area contributed by atoms with E-state index in [9.17, 15) is 9.59 Å². The Balaban J connectivity index is 1.68. The van der Waals surface area contributed by atoms with Crippen LogP contribution >= 0.6 is 27.7 Å². The maximum absolute atomic E-state index is 11.9. The zero-order valence-corrected chi connectivity index (χ0v) is 15.8. The number of aromatic amines is 1. The van der Waals surface area contributed by atoms with Crippen LogP contribution in [0.2, 0.25) is 0 Å². The van der Waals surface area contributed by atoms with E-state index in [1.165, 1.54) is 24.7 Å². The van der Waals surface area contributed by atoms with E-state index in [4.69, 9.17) is 4.42 Å². The summed E-state index contributed by atoms with van der Waals surface area (Å²) >= 11 is 4.54. The Hall–Kier alpha value is -2.72. The lowest BCUT2D eigenvalue weighted by molar-refractivity contribution is 0.0955. The molecule has 0 radical (unpaired) electrons. The molecule has 0 bridgehead atoms. The van der Waals surface area contributed by atoms with E-state index in [0.717, 1.165) is 11.8 Å². The van der Waals surface area contributed by atoms with Crippen molar-refractivity contribution in [1.82, 2.24) is 20.4 Å². The third kappa shape index (κ3) is 4.67. The van der Waals surface area contributed by atoms with Gasteiger partial charge in [0, 0.05) is 35.8 Å². The fourth-order valence-corrected chi connectivity index (χ4v) is 3.27. The number of carbonyl (C=O) groups excluding carboxylic acids is 1. The molecule has 3 aromatic rings. The van der Waals surface area contributed by atoms with E-state index in [1.54, 1.807) is 25.1 Å². The Kier molecular flexibility index (Phi) is 5.64. The number of aromatic nitrogens is 3. The molecule has 0 unspecified atom stereocenters. The predicted octanol–water partition coefficient (Wildman–Crippen LogP) is 2.74. The maximum Gasteiger partial charge on any atom is 0.271 e. The number of hydrazone groups is 1. The van der Waals surface area contributed by atoms with Gasteiger partial charge in [-0.15, -0.1) is 0 Å². The van der Waals surface area contributed by atoms with Crippen molar-refractivity contribution >= 4 is 39.8 Å². The molecule has 132 valence electrons. The van der Waals surface area contributed by atoms with Crippen molar-refractivity contribution in [2.45, 2.75) is 17.2 Å². The van der Waals surface area contributed by atoms with Crippen LogP contribution in [0, 0.1) is 6.92 Å². The van der Waals surface area contributed by atoms with Gasteiger partial charge in [0.25, 0.3) is 11.5 Å². The smallest absolute Gasteiger partial charge is 0.271 e. The van der Waals surface area contributed by atoms with Crippen molar-refractivity contribution < 1.29 is 9.21 Å². The third-order valence-electron chi connectivity index (χ3n) is 3.01. The Morgan fingerprint density at radius 2 is 2.15 bits per heavy atom. The molecule has 3 heterocycles. The van der Waals surface area contributed by atoms with E-state index in [-0.39, 0.29) is 11.5 Å². The highest BCUT2D eigenvalue weighted by Crippen LogP contribution is 2.33. The van der Waals surface area contributed by atoms with Crippen LogP contribution < -0.4 is 11.0 Å². The van der Waals surface area contributed by atoms with Crippen LogP contribution in [0.4, 0.5) is 0 Å². The summed E-state index contributed by atoms with van der Waals surface area (Å²) in [4.78, 5) is 34.1. The highest BCUT2D eigenvalue weighted by molar-refractivity contribution is 9.10. The standard InChI is InChI=1S/C16H12BrN5O3S/c1-9-6-13(23)21-16(20-9)26-15-12(17)7-11(25-15)8-19-22-14(24)10-2-4-18-5-3-10/h2-8H,1H3,(H,22,24)(H,20,21,23)/b19-8-. The minimum absolute atomic E-state index is 0.233. The molecule has 3 aromatic heterocycles. The van der Waals surface area contributed by atoms with Crippen molar-refractivity contribution in [3.05, 3.63) is 68.5 Å². The number of furan rings is 1. The monoisotopic (exact) mass is 433 g/mol. The second kappa shape index (κ2) is 8.11. The van der Waals surface area contributed by atoms with Gasteiger partial charge in [-0.1, -0.05) is 0 Å². The van der Waals surface area contributed by atoms with E-state index in [0.29, 0.717) is 31.7 Å². The molecule has 3 rings (SSSR count). The summed E-state index contributed by atoms with van der Waals surface area (Å²) in [5.74, 6) is 0.0646. The molecule has 8 nitrogen and oxygen atoms in total. The average molecular weight is 434 g/mol. The maximum atomic E-state index is 11.9. The molecule has 0 aliphatic rings. The first-order valence-electron chi connectivity index (χ1n) is 7.30. The molecular formula is C16H12BrN5O3S. The summed E-state index contributed by atoms with van der Waals surface area (Å²) < 4.78 is 6.30. The summed E-state index contributed by atoms with van der Waals surface area (Å²) in [6.45, 7) is 1.74. The lowest BCUT2D eigenvalue weighted by Crippen LogP contribution is -2.17. The van der Waals surface area contributed by atoms with Gasteiger partial charge in [0.05, 0.1) is 10.7 Å². The van der Waals surface area contributed by atoms with Crippen molar-refractivity contribution in [2.24, 2.45) is 5.10 Å². The summed E-state index contributed by atoms with van der Waals surface area (Å²) in [5, 5.41) is 4.78. The summed E-state index contributed by atoms with van der Waals surface area (Å²) in [7, 11) is 0. The molecule has 2 N–H and O–H groups in total. The Labute approximate surface area is 160 Å². The number of nitrogens with zero attached hydrogens (tertiary/aromatic N) is 3. The number of hydrogen-bond acceptors (Lipinski definition) is 7. The lowest BCUT2D eigenvalue weighted by atomic mass is 10.3. The number of rotatable bonds is 5. The molecule has 0 fully saturated rings. The number of halogens is 1. The summed E-state index contributed by atoms with van der Waals surface area (Å²) in [6.07, 6.45) is 4.42. The Morgan fingerprint density at radius 3 is 2.88 bits per heavy atom. The highest BCUT2D eigenvalue weighted by atomic mass is 79.9. The van der Waals surface area contributed by atoms with Gasteiger partial charge < -0.3 is 9.40 Å². The number of H-pyrrole nitrogens is 1. The van der Waals surface area contributed by atoms with Gasteiger partial charge in [0.2, 0.25) is 0 Å². The summed E-state index contributed by atoms with van der Waals surface area (Å²) in [5.41, 5.74) is 3.23. The van der Waals surface area contributed by atoms with Crippen molar-refractivity contribution in [3.63, 3.8) is 0 Å². The van der Waals surface area contributed by atoms with E-state index in [1.807, 2.05) is 0 Å². The molecule has 0 saturated heterocycles. The lowest BCUT2D eigenvalue weighted by Gasteiger charge is -1.99. The topological polar surface area (TPSA) is 113 Å². The van der Waals surface area contributed by atoms with Crippen LogP contribution in [0.25, 0.3) is 0 Å². The molecule has 0 spiro atoms. The zero-order valence-electron chi connectivity index (χ0n) is 13.4. The normalized spacial score (nSPS) is 11.0. The first-order valence-corrected chi connectivity index (χ1v) is 8.91. The van der Waals surface area contributed by atoms with Crippen LogP contribution in [-0.4, -0.2) is 27.1 Å². The second-order valence-electron chi connectivity index (χ2n) is 5.01. The van der Waals surface area contributed by atoms with Gasteiger partial charge in [-0.2, -0.15) is 5.10 Å². The molecular weight excluding hydrogens is 422 g/mol. The van der Waals surface area contributed by atoms with E-state index >= 15 is 0 Å². The van der Waals surface area contributed by atoms with Crippen molar-refractivity contribution in [1.29, 1.82) is 0 Å². The zero-order chi connectivity index (χ0) is 18.5. The van der Waals surface area contributed by atoms with Crippen LogP contribution in [0.5, 0.6) is 0 Å². The number of hydrogen-bond donors (Lipinski definition) is 2. The van der Waals surface area contributed by atoms with Gasteiger partial charge in [0.15, 0.2) is 10.2 Å². The highest BCUT2D eigenvalue weighted by Gasteiger charge is 2.12. The Bertz CT molecular complexity index is 1020. The number of pyridine rings is 1. The molecule has 10 heteroatoms. The van der Waals surface area contributed by atoms with Gasteiger partial charge >= 0.3 is 0 Å². The van der Waals surface area contributed by atoms with Crippen molar-refractivity contribution in [3.8, 4) is 0 Å². The molecule has 0 aromatic carbocycles.